The van der Waals surface area contributed by atoms with E-state index in [-0.39, 0.29) is 24.1 Å². The second-order valence-electron chi connectivity index (χ2n) is 10.2. The molecule has 0 spiro atoms. The third-order valence-corrected chi connectivity index (χ3v) is 7.96. The summed E-state index contributed by atoms with van der Waals surface area (Å²) in [5, 5.41) is 34.0. The summed E-state index contributed by atoms with van der Waals surface area (Å²) < 4.78 is 22.6. The second-order valence-corrected chi connectivity index (χ2v) is 16.2. The predicted molar refractivity (Wildman–Crippen MR) is 143 cm³/mol. The van der Waals surface area contributed by atoms with Crippen molar-refractivity contribution in [1.82, 2.24) is 0 Å². The fourth-order valence-electron chi connectivity index (χ4n) is 3.74. The van der Waals surface area contributed by atoms with E-state index < -0.39 is 38.8 Å². The number of methoxy groups -OCH3 is 1. The summed E-state index contributed by atoms with van der Waals surface area (Å²) in [6.45, 7) is 7.03. The standard InChI is InChI=1S/C26H36ClNO8Si/c1-33-19-13-16(12-18(27)21(19)28-25(32)17-8-6-5-7-9-17)14-34-15-20-22(29)23(30)24(31)26(36-20)35-10-11-37(2,3)4/h5-9,12-13,20,22-24,26,29-31H,10-11,14-15H2,1-4H3,(H,28,32)/t20-,22-,23+,24-,26-/m1/s1. The van der Waals surface area contributed by atoms with Gasteiger partial charge in [-0.15, -0.1) is 0 Å². The molecule has 1 amide bonds. The topological polar surface area (TPSA) is 127 Å². The van der Waals surface area contributed by atoms with E-state index in [1.54, 1.807) is 36.4 Å². The Morgan fingerprint density at radius 1 is 1.08 bits per heavy atom. The molecule has 2 aromatic carbocycles. The molecule has 4 N–H and O–H groups in total. The van der Waals surface area contributed by atoms with E-state index in [1.807, 2.05) is 6.07 Å². The lowest BCUT2D eigenvalue weighted by molar-refractivity contribution is -0.302. The van der Waals surface area contributed by atoms with Crippen LogP contribution in [0.15, 0.2) is 42.5 Å². The molecule has 11 heteroatoms. The summed E-state index contributed by atoms with van der Waals surface area (Å²) in [5.41, 5.74) is 1.48. The molecule has 2 aromatic rings. The Morgan fingerprint density at radius 3 is 2.43 bits per heavy atom. The molecule has 0 aromatic heterocycles. The summed E-state index contributed by atoms with van der Waals surface area (Å²) in [6.07, 6.45) is -6.11. The van der Waals surface area contributed by atoms with Crippen LogP contribution < -0.4 is 10.1 Å². The minimum atomic E-state index is -1.43. The lowest BCUT2D eigenvalue weighted by Crippen LogP contribution is -2.59. The summed E-state index contributed by atoms with van der Waals surface area (Å²) in [5.74, 6) is 0.0364. The molecule has 1 heterocycles. The fourth-order valence-corrected chi connectivity index (χ4v) is 4.75. The average molecular weight is 554 g/mol. The van der Waals surface area contributed by atoms with Gasteiger partial charge in [0.25, 0.3) is 5.91 Å². The second kappa shape index (κ2) is 13.2. The predicted octanol–water partition coefficient (Wildman–Crippen LogP) is 3.28. The first-order valence-corrected chi connectivity index (χ1v) is 16.2. The van der Waals surface area contributed by atoms with Crippen molar-refractivity contribution in [3.63, 3.8) is 0 Å². The summed E-state index contributed by atoms with van der Waals surface area (Å²) in [6, 6.07) is 12.9. The Hall–Kier alpha value is -2.02. The van der Waals surface area contributed by atoms with Crippen molar-refractivity contribution in [3.05, 3.63) is 58.6 Å². The minimum absolute atomic E-state index is 0.0642. The van der Waals surface area contributed by atoms with Crippen LogP contribution in [0.5, 0.6) is 5.75 Å². The highest BCUT2D eigenvalue weighted by Gasteiger charge is 2.44. The molecule has 5 atom stereocenters. The number of amides is 1. The number of aliphatic hydroxyl groups excluding tert-OH is 3. The van der Waals surface area contributed by atoms with Gasteiger partial charge in [0.1, 0.15) is 35.9 Å². The number of ether oxygens (including phenoxy) is 4. The molecular formula is C26H36ClNO8Si. The van der Waals surface area contributed by atoms with Gasteiger partial charge in [0.15, 0.2) is 6.29 Å². The fraction of sp³-hybridized carbons (Fsp3) is 0.500. The maximum Gasteiger partial charge on any atom is 0.255 e. The number of anilines is 1. The average Bonchev–Trinajstić information content (AvgIpc) is 2.86. The Bertz CT molecular complexity index is 1040. The molecule has 37 heavy (non-hydrogen) atoms. The zero-order chi connectivity index (χ0) is 27.2. The van der Waals surface area contributed by atoms with E-state index in [0.717, 1.165) is 6.04 Å². The van der Waals surface area contributed by atoms with Crippen LogP contribution in [-0.4, -0.2) is 80.3 Å². The van der Waals surface area contributed by atoms with Crippen LogP contribution in [-0.2, 0) is 20.8 Å². The van der Waals surface area contributed by atoms with Crippen LogP contribution in [0.1, 0.15) is 15.9 Å². The zero-order valence-corrected chi connectivity index (χ0v) is 23.3. The molecule has 0 bridgehead atoms. The van der Waals surface area contributed by atoms with Crippen LogP contribution in [0.2, 0.25) is 30.7 Å². The van der Waals surface area contributed by atoms with Crippen LogP contribution in [0, 0.1) is 0 Å². The maximum atomic E-state index is 12.6. The molecule has 0 radical (unpaired) electrons. The number of hydrogen-bond acceptors (Lipinski definition) is 8. The highest BCUT2D eigenvalue weighted by Crippen LogP contribution is 2.35. The van der Waals surface area contributed by atoms with E-state index in [2.05, 4.69) is 25.0 Å². The van der Waals surface area contributed by atoms with Crippen molar-refractivity contribution >= 4 is 31.3 Å². The van der Waals surface area contributed by atoms with E-state index in [1.165, 1.54) is 7.11 Å². The smallest absolute Gasteiger partial charge is 0.255 e. The van der Waals surface area contributed by atoms with Gasteiger partial charge in [-0.05, 0) is 35.9 Å². The van der Waals surface area contributed by atoms with E-state index in [4.69, 9.17) is 30.5 Å². The number of hydrogen-bond donors (Lipinski definition) is 4. The lowest BCUT2D eigenvalue weighted by atomic mass is 9.99. The highest BCUT2D eigenvalue weighted by atomic mass is 35.5. The van der Waals surface area contributed by atoms with Crippen molar-refractivity contribution in [2.45, 2.75) is 63.0 Å². The highest BCUT2D eigenvalue weighted by molar-refractivity contribution is 6.76. The number of aliphatic hydroxyl groups is 3. The van der Waals surface area contributed by atoms with Crippen molar-refractivity contribution in [2.24, 2.45) is 0 Å². The quantitative estimate of drug-likeness (QED) is 0.312. The van der Waals surface area contributed by atoms with Crippen molar-refractivity contribution < 1.29 is 39.1 Å². The van der Waals surface area contributed by atoms with Crippen LogP contribution in [0.4, 0.5) is 5.69 Å². The van der Waals surface area contributed by atoms with Crippen LogP contribution >= 0.6 is 11.6 Å². The first kappa shape index (κ1) is 29.5. The lowest BCUT2D eigenvalue weighted by Gasteiger charge is -2.40. The maximum absolute atomic E-state index is 12.6. The third-order valence-electron chi connectivity index (χ3n) is 5.96. The first-order chi connectivity index (χ1) is 17.5. The summed E-state index contributed by atoms with van der Waals surface area (Å²) in [4.78, 5) is 12.6. The third kappa shape index (κ3) is 8.23. The van der Waals surface area contributed by atoms with Crippen LogP contribution in [0.25, 0.3) is 0 Å². The SMILES string of the molecule is COc1cc(COC[C@H]2O[C@@H](OCC[Si](C)(C)C)[C@H](O)[C@@H](O)[C@@H]2O)cc(Cl)c1NC(=O)c1ccccc1. The molecule has 1 aliphatic heterocycles. The molecule has 1 saturated heterocycles. The van der Waals surface area contributed by atoms with Gasteiger partial charge in [-0.2, -0.15) is 0 Å². The minimum Gasteiger partial charge on any atom is -0.495 e. The van der Waals surface area contributed by atoms with Crippen molar-refractivity contribution in [1.29, 1.82) is 0 Å². The number of benzene rings is 2. The van der Waals surface area contributed by atoms with Gasteiger partial charge in [-0.25, -0.2) is 0 Å². The van der Waals surface area contributed by atoms with Crippen molar-refractivity contribution in [2.75, 3.05) is 25.6 Å². The Morgan fingerprint density at radius 2 is 1.78 bits per heavy atom. The van der Waals surface area contributed by atoms with E-state index in [9.17, 15) is 20.1 Å². The molecule has 1 fully saturated rings. The number of nitrogens with one attached hydrogen (secondary N) is 1. The summed E-state index contributed by atoms with van der Waals surface area (Å²) >= 11 is 6.44. The molecule has 0 saturated carbocycles. The number of carbonyl (C=O) groups excluding carboxylic acids is 1. The molecular weight excluding hydrogens is 518 g/mol. The largest absolute Gasteiger partial charge is 0.495 e. The Kier molecular flexibility index (Phi) is 10.5. The van der Waals surface area contributed by atoms with Gasteiger partial charge in [0.05, 0.1) is 25.3 Å². The van der Waals surface area contributed by atoms with Gasteiger partial charge in [0, 0.05) is 20.2 Å². The normalized spacial score (nSPS) is 24.1. The molecule has 0 unspecified atom stereocenters. The molecule has 9 nitrogen and oxygen atoms in total. The monoisotopic (exact) mass is 553 g/mol. The van der Waals surface area contributed by atoms with Gasteiger partial charge >= 0.3 is 0 Å². The molecule has 1 aliphatic rings. The van der Waals surface area contributed by atoms with Gasteiger partial charge in [-0.1, -0.05) is 49.4 Å². The van der Waals surface area contributed by atoms with Gasteiger partial charge in [-0.3, -0.25) is 4.79 Å². The number of carbonyl (C=O) groups is 1. The Labute approximate surface area is 223 Å². The number of halogens is 1. The number of rotatable bonds is 11. The zero-order valence-electron chi connectivity index (χ0n) is 21.5. The molecule has 0 aliphatic carbocycles. The molecule has 204 valence electrons. The van der Waals surface area contributed by atoms with E-state index >= 15 is 0 Å². The van der Waals surface area contributed by atoms with Gasteiger partial charge < -0.3 is 39.6 Å². The van der Waals surface area contributed by atoms with Crippen LogP contribution in [0.3, 0.4) is 0 Å². The molecule has 3 rings (SSSR count). The van der Waals surface area contributed by atoms with E-state index in [0.29, 0.717) is 29.2 Å². The Balaban J connectivity index is 1.60. The van der Waals surface area contributed by atoms with Crippen molar-refractivity contribution in [3.8, 4) is 5.75 Å². The van der Waals surface area contributed by atoms with Gasteiger partial charge in [0.2, 0.25) is 0 Å². The first-order valence-electron chi connectivity index (χ1n) is 12.1. The summed E-state index contributed by atoms with van der Waals surface area (Å²) in [7, 11) is 0.112.